The molecule has 0 bridgehead atoms. The van der Waals surface area contributed by atoms with Gasteiger partial charge in [0, 0.05) is 5.02 Å². The van der Waals surface area contributed by atoms with Crippen molar-refractivity contribution in [3.63, 3.8) is 0 Å². The molecule has 0 aromatic heterocycles. The van der Waals surface area contributed by atoms with Crippen molar-refractivity contribution >= 4 is 29.9 Å². The summed E-state index contributed by atoms with van der Waals surface area (Å²) in [7, 11) is 0. The Morgan fingerprint density at radius 1 is 1.24 bits per heavy atom. The molecule has 0 saturated heterocycles. The molecule has 0 amide bonds. The minimum absolute atomic E-state index is 0.104. The highest BCUT2D eigenvalue weighted by atomic mass is 35.5. The zero-order chi connectivity index (χ0) is 18.2. The smallest absolute Gasteiger partial charge is 0.236 e. The van der Waals surface area contributed by atoms with Crippen LogP contribution in [0.4, 0.5) is 4.39 Å². The van der Waals surface area contributed by atoms with Crippen molar-refractivity contribution in [1.29, 1.82) is 0 Å². The lowest BCUT2D eigenvalue weighted by atomic mass is 10.1. The fourth-order valence-electron chi connectivity index (χ4n) is 1.91. The summed E-state index contributed by atoms with van der Waals surface area (Å²) in [6.45, 7) is 1.80. The Balaban J connectivity index is 1.93. The van der Waals surface area contributed by atoms with Crippen LogP contribution in [0.25, 0.3) is 0 Å². The van der Waals surface area contributed by atoms with E-state index in [2.05, 4.69) is 0 Å². The quantitative estimate of drug-likeness (QED) is 0.309. The van der Waals surface area contributed by atoms with Gasteiger partial charge in [0.25, 0.3) is 0 Å². The molecule has 0 aliphatic carbocycles. The third kappa shape index (κ3) is 5.99. The van der Waals surface area contributed by atoms with Gasteiger partial charge in [0.1, 0.15) is 11.9 Å². The van der Waals surface area contributed by atoms with E-state index in [1.807, 2.05) is 12.1 Å². The maximum atomic E-state index is 12.8. The third-order valence-electron chi connectivity index (χ3n) is 3.28. The number of hydrogen-bond acceptors (Lipinski definition) is 5. The summed E-state index contributed by atoms with van der Waals surface area (Å²) < 4.78 is 23.7. The van der Waals surface area contributed by atoms with E-state index in [1.54, 1.807) is 31.2 Å². The van der Waals surface area contributed by atoms with E-state index in [-0.39, 0.29) is 23.6 Å². The highest BCUT2D eigenvalue weighted by Gasteiger charge is 2.13. The van der Waals surface area contributed by atoms with Crippen LogP contribution in [0.15, 0.2) is 60.2 Å². The van der Waals surface area contributed by atoms with Crippen molar-refractivity contribution in [3.05, 3.63) is 82.1 Å². The molecule has 0 fully saturated rings. The molecule has 0 aliphatic rings. The number of rotatable bonds is 8. The number of carbonyl (C=O) groups excluding carboxylic acids is 1. The molecular formula is C18H17ClFNO3S. The topological polar surface area (TPSA) is 61.5 Å². The maximum absolute atomic E-state index is 12.8. The van der Waals surface area contributed by atoms with Gasteiger partial charge in [-0.2, -0.15) is 0 Å². The Labute approximate surface area is 155 Å². The van der Waals surface area contributed by atoms with Crippen molar-refractivity contribution in [1.82, 2.24) is 0 Å². The van der Waals surface area contributed by atoms with Crippen LogP contribution in [0.5, 0.6) is 0 Å². The number of halogens is 2. The van der Waals surface area contributed by atoms with E-state index in [1.165, 1.54) is 12.1 Å². The molecule has 0 spiro atoms. The van der Waals surface area contributed by atoms with Gasteiger partial charge in [-0.3, -0.25) is 4.79 Å². The maximum Gasteiger partial charge on any atom is 0.236 e. The van der Waals surface area contributed by atoms with Gasteiger partial charge < -0.3 is 14.7 Å². The standard InChI is InChI=1S/C18H17ClFNO3S/c1-12(14-4-6-15(19)7-5-14)23-18(21)17(10-22)24-25-11-13-2-8-16(20)9-3-13/h2-10,12H,11,21H2,1H3/b18-17+. The van der Waals surface area contributed by atoms with Crippen molar-refractivity contribution in [2.45, 2.75) is 18.8 Å². The molecular weight excluding hydrogens is 365 g/mol. The summed E-state index contributed by atoms with van der Waals surface area (Å²) in [5.41, 5.74) is 7.52. The number of hydrogen-bond donors (Lipinski definition) is 1. The first kappa shape index (κ1) is 19.1. The van der Waals surface area contributed by atoms with Crippen LogP contribution in [-0.2, 0) is 19.5 Å². The van der Waals surface area contributed by atoms with Crippen LogP contribution in [-0.4, -0.2) is 6.29 Å². The second-order valence-electron chi connectivity index (χ2n) is 5.13. The fraction of sp³-hybridized carbons (Fsp3) is 0.167. The van der Waals surface area contributed by atoms with Crippen LogP contribution in [0.3, 0.4) is 0 Å². The molecule has 0 saturated carbocycles. The second kappa shape index (κ2) is 9.34. The fourth-order valence-corrected chi connectivity index (χ4v) is 2.67. The Morgan fingerprint density at radius 3 is 2.48 bits per heavy atom. The molecule has 2 aromatic carbocycles. The molecule has 1 atom stereocenters. The summed E-state index contributed by atoms with van der Waals surface area (Å²) in [5, 5.41) is 0.619. The molecule has 0 radical (unpaired) electrons. The first-order valence-electron chi connectivity index (χ1n) is 7.40. The Kier molecular flexibility index (Phi) is 7.16. The van der Waals surface area contributed by atoms with Gasteiger partial charge in [0.15, 0.2) is 6.29 Å². The van der Waals surface area contributed by atoms with Gasteiger partial charge in [-0.25, -0.2) is 4.39 Å². The van der Waals surface area contributed by atoms with E-state index in [4.69, 9.17) is 26.3 Å². The molecule has 2 aromatic rings. The Bertz CT molecular complexity index is 735. The van der Waals surface area contributed by atoms with Gasteiger partial charge >= 0.3 is 0 Å². The second-order valence-corrected chi connectivity index (χ2v) is 6.26. The van der Waals surface area contributed by atoms with Crippen molar-refractivity contribution in [2.24, 2.45) is 5.73 Å². The lowest BCUT2D eigenvalue weighted by Gasteiger charge is -2.16. The van der Waals surface area contributed by atoms with E-state index in [0.717, 1.165) is 23.2 Å². The van der Waals surface area contributed by atoms with E-state index in [9.17, 15) is 9.18 Å². The third-order valence-corrected chi connectivity index (χ3v) is 4.28. The van der Waals surface area contributed by atoms with Crippen LogP contribution in [0.2, 0.25) is 5.02 Å². The molecule has 132 valence electrons. The first-order chi connectivity index (χ1) is 12.0. The van der Waals surface area contributed by atoms with Gasteiger partial charge in [-0.05, 0) is 42.3 Å². The lowest BCUT2D eigenvalue weighted by molar-refractivity contribution is -0.106. The SMILES string of the molecule is CC(O/C(N)=C(\C=O)OSCc1ccc(F)cc1)c1ccc(Cl)cc1. The number of carbonyl (C=O) groups is 1. The molecule has 0 aliphatic heterocycles. The zero-order valence-electron chi connectivity index (χ0n) is 13.4. The minimum Gasteiger partial charge on any atom is -0.469 e. The normalized spacial score (nSPS) is 12.9. The molecule has 7 heteroatoms. The predicted molar refractivity (Wildman–Crippen MR) is 97.0 cm³/mol. The highest BCUT2D eigenvalue weighted by molar-refractivity contribution is 7.94. The van der Waals surface area contributed by atoms with Crippen molar-refractivity contribution < 1.29 is 18.1 Å². The van der Waals surface area contributed by atoms with Gasteiger partial charge in [-0.1, -0.05) is 35.9 Å². The number of allylic oxidation sites excluding steroid dienone is 1. The number of benzene rings is 2. The number of ether oxygens (including phenoxy) is 1. The largest absolute Gasteiger partial charge is 0.469 e. The van der Waals surface area contributed by atoms with Crippen molar-refractivity contribution in [3.8, 4) is 0 Å². The number of aldehydes is 1. The lowest BCUT2D eigenvalue weighted by Crippen LogP contribution is -2.11. The van der Waals surface area contributed by atoms with E-state index >= 15 is 0 Å². The van der Waals surface area contributed by atoms with Crippen LogP contribution in [0.1, 0.15) is 24.2 Å². The molecule has 0 heterocycles. The summed E-state index contributed by atoms with van der Waals surface area (Å²) in [4.78, 5) is 11.2. The Hall–Kier alpha value is -2.18. The van der Waals surface area contributed by atoms with Gasteiger partial charge in [-0.15, -0.1) is 0 Å². The summed E-state index contributed by atoms with van der Waals surface area (Å²) in [6.07, 6.45) is 0.111. The highest BCUT2D eigenvalue weighted by Crippen LogP contribution is 2.23. The van der Waals surface area contributed by atoms with E-state index < -0.39 is 0 Å². The molecule has 4 nitrogen and oxygen atoms in total. The summed E-state index contributed by atoms with van der Waals surface area (Å²) in [5.74, 6) is -0.0913. The van der Waals surface area contributed by atoms with Crippen LogP contribution < -0.4 is 5.73 Å². The number of nitrogens with two attached hydrogens (primary N) is 1. The minimum atomic E-state index is -0.377. The predicted octanol–water partition coefficient (Wildman–Crippen LogP) is 4.75. The molecule has 2 N–H and O–H groups in total. The summed E-state index contributed by atoms with van der Waals surface area (Å²) >= 11 is 6.86. The Morgan fingerprint density at radius 2 is 1.88 bits per heavy atom. The zero-order valence-corrected chi connectivity index (χ0v) is 15.0. The van der Waals surface area contributed by atoms with Crippen LogP contribution in [0, 0.1) is 5.82 Å². The average molecular weight is 382 g/mol. The summed E-state index contributed by atoms with van der Waals surface area (Å²) in [6, 6.07) is 13.1. The van der Waals surface area contributed by atoms with Crippen molar-refractivity contribution in [2.75, 3.05) is 0 Å². The van der Waals surface area contributed by atoms with E-state index in [0.29, 0.717) is 17.1 Å². The average Bonchev–Trinajstić information content (AvgIpc) is 2.60. The van der Waals surface area contributed by atoms with Crippen LogP contribution >= 0.6 is 23.6 Å². The van der Waals surface area contributed by atoms with Gasteiger partial charge in [0.05, 0.1) is 17.8 Å². The molecule has 25 heavy (non-hydrogen) atoms. The monoisotopic (exact) mass is 381 g/mol. The first-order valence-corrected chi connectivity index (χ1v) is 8.69. The molecule has 1 unspecified atom stereocenters. The molecule has 2 rings (SSSR count). The van der Waals surface area contributed by atoms with Gasteiger partial charge in [0.2, 0.25) is 11.6 Å².